The molecule has 2 N–H and O–H groups in total. The van der Waals surface area contributed by atoms with E-state index < -0.39 is 0 Å². The zero-order valence-corrected chi connectivity index (χ0v) is 30.8. The van der Waals surface area contributed by atoms with Gasteiger partial charge in [-0.15, -0.1) is 0 Å². The number of anilines is 6. The van der Waals surface area contributed by atoms with Crippen molar-refractivity contribution in [3.63, 3.8) is 0 Å². The maximum atomic E-state index is 10.9. The average molecular weight is 716 g/mol. The fraction of sp³-hybridized carbons (Fsp3) is 0. The van der Waals surface area contributed by atoms with Crippen LogP contribution in [-0.2, 0) is 19.5 Å². The van der Waals surface area contributed by atoms with E-state index in [1.54, 1.807) is 24.6 Å². The first-order valence-electron chi connectivity index (χ1n) is 16.3. The Hall–Kier alpha value is -6.30. The Kier molecular flexibility index (Phi) is 11.1. The monoisotopic (exact) mass is 714 g/mol. The third-order valence-electron chi connectivity index (χ3n) is 8.16. The number of benzene rings is 7. The predicted octanol–water partition coefficient (Wildman–Crippen LogP) is 11.5. The summed E-state index contributed by atoms with van der Waals surface area (Å²) in [7, 11) is 0. The molecule has 0 saturated carbocycles. The number of hydrogen-bond donors (Lipinski definition) is 2. The molecule has 7 rings (SSSR count). The molecule has 0 amide bonds. The number of para-hydroxylation sites is 6. The van der Waals surface area contributed by atoms with E-state index in [9.17, 15) is 10.2 Å². The molecule has 0 heterocycles. The van der Waals surface area contributed by atoms with E-state index in [1.165, 1.54) is 0 Å². The zero-order valence-electron chi connectivity index (χ0n) is 27.9. The number of phenols is 2. The number of nitrogens with zero attached hydrogens (tertiary/aromatic N) is 4. The predicted molar refractivity (Wildman–Crippen MR) is 207 cm³/mol. The van der Waals surface area contributed by atoms with Gasteiger partial charge in [0.2, 0.25) is 0 Å². The van der Waals surface area contributed by atoms with Crippen molar-refractivity contribution in [2.24, 2.45) is 9.98 Å². The first kappa shape index (κ1) is 34.6. The molecule has 6 nitrogen and oxygen atoms in total. The maximum absolute atomic E-state index is 10.9. The molecule has 7 aromatic rings. The Morgan fingerprint density at radius 1 is 0.353 bits per heavy atom. The first-order valence-corrected chi connectivity index (χ1v) is 16.3. The first-order chi connectivity index (χ1) is 24.6. The van der Waals surface area contributed by atoms with Gasteiger partial charge in [0.25, 0.3) is 0 Å². The molecule has 0 unspecified atom stereocenters. The third-order valence-corrected chi connectivity index (χ3v) is 8.16. The topological polar surface area (TPSA) is 71.7 Å². The second-order valence-electron chi connectivity index (χ2n) is 11.5. The van der Waals surface area contributed by atoms with Crippen LogP contribution >= 0.6 is 0 Å². The third kappa shape index (κ3) is 8.13. The molecule has 0 saturated heterocycles. The SMILES string of the molecule is Oc1ccc(N(c2ccccc2)c2ccccc2)cc1C=Nc1ccccc1N=Cc1cc(N(c2ccccc2)c2ccccc2)ccc1O.[Zn]. The summed E-state index contributed by atoms with van der Waals surface area (Å²) in [6.45, 7) is 0. The number of rotatable bonds is 10. The molecule has 0 atom stereocenters. The summed E-state index contributed by atoms with van der Waals surface area (Å²) < 4.78 is 0. The largest absolute Gasteiger partial charge is 0.507 e. The Labute approximate surface area is 310 Å². The van der Waals surface area contributed by atoms with Gasteiger partial charge in [-0.1, -0.05) is 84.9 Å². The molecular weight excluding hydrogens is 682 g/mol. The molecular formula is C44H34N4O2Zn. The van der Waals surface area contributed by atoms with Crippen LogP contribution in [0.25, 0.3) is 0 Å². The molecule has 51 heavy (non-hydrogen) atoms. The summed E-state index contributed by atoms with van der Waals surface area (Å²) in [5.74, 6) is 0.227. The maximum Gasteiger partial charge on any atom is 0.124 e. The minimum absolute atomic E-state index is 0. The van der Waals surface area contributed by atoms with Gasteiger partial charge >= 0.3 is 0 Å². The van der Waals surface area contributed by atoms with Crippen molar-refractivity contribution in [2.75, 3.05) is 9.80 Å². The molecule has 0 aliphatic heterocycles. The van der Waals surface area contributed by atoms with Crippen molar-refractivity contribution in [3.8, 4) is 11.5 Å². The van der Waals surface area contributed by atoms with Crippen molar-refractivity contribution < 1.29 is 29.7 Å². The Bertz CT molecular complexity index is 2010. The zero-order chi connectivity index (χ0) is 34.1. The minimum atomic E-state index is 0. The quantitative estimate of drug-likeness (QED) is 0.109. The van der Waals surface area contributed by atoms with Crippen LogP contribution in [0.5, 0.6) is 11.5 Å². The van der Waals surface area contributed by atoms with E-state index in [2.05, 4.69) is 58.3 Å². The number of aliphatic imine (C=N–C) groups is 2. The van der Waals surface area contributed by atoms with Crippen LogP contribution in [0.4, 0.5) is 45.5 Å². The van der Waals surface area contributed by atoms with E-state index in [0.29, 0.717) is 22.5 Å². The molecule has 0 aliphatic rings. The molecule has 0 radical (unpaired) electrons. The van der Waals surface area contributed by atoms with Gasteiger partial charge in [0.05, 0.1) is 11.4 Å². The van der Waals surface area contributed by atoms with Gasteiger partial charge in [-0.05, 0) is 97.1 Å². The Balaban J connectivity index is 0.00000448. The summed E-state index contributed by atoms with van der Waals surface area (Å²) in [6.07, 6.45) is 3.30. The van der Waals surface area contributed by atoms with Gasteiger partial charge in [-0.2, -0.15) is 0 Å². The molecule has 7 aromatic carbocycles. The normalized spacial score (nSPS) is 11.0. The van der Waals surface area contributed by atoms with Crippen LogP contribution in [-0.4, -0.2) is 22.6 Å². The molecule has 0 spiro atoms. The fourth-order valence-corrected chi connectivity index (χ4v) is 5.73. The minimum Gasteiger partial charge on any atom is -0.507 e. The van der Waals surface area contributed by atoms with Gasteiger partial charge < -0.3 is 20.0 Å². The number of aromatic hydroxyl groups is 2. The van der Waals surface area contributed by atoms with E-state index in [0.717, 1.165) is 34.1 Å². The van der Waals surface area contributed by atoms with Crippen LogP contribution in [0.15, 0.2) is 192 Å². The van der Waals surface area contributed by atoms with Gasteiger partial charge in [0, 0.05) is 77.2 Å². The summed E-state index contributed by atoms with van der Waals surface area (Å²) in [5.41, 5.74) is 8.09. The Morgan fingerprint density at radius 2 is 0.647 bits per heavy atom. The van der Waals surface area contributed by atoms with Crippen LogP contribution in [0.3, 0.4) is 0 Å². The van der Waals surface area contributed by atoms with Crippen LogP contribution in [0, 0.1) is 0 Å². The molecule has 0 bridgehead atoms. The second-order valence-corrected chi connectivity index (χ2v) is 11.5. The van der Waals surface area contributed by atoms with E-state index in [4.69, 9.17) is 9.98 Å². The molecule has 0 aromatic heterocycles. The fourth-order valence-electron chi connectivity index (χ4n) is 5.73. The summed E-state index contributed by atoms with van der Waals surface area (Å²) in [4.78, 5) is 13.8. The van der Waals surface area contributed by atoms with Crippen molar-refractivity contribution in [3.05, 3.63) is 193 Å². The smallest absolute Gasteiger partial charge is 0.124 e. The summed E-state index contributed by atoms with van der Waals surface area (Å²) in [5, 5.41) is 21.7. The van der Waals surface area contributed by atoms with Crippen LogP contribution in [0.1, 0.15) is 11.1 Å². The van der Waals surface area contributed by atoms with Crippen LogP contribution in [0.2, 0.25) is 0 Å². The van der Waals surface area contributed by atoms with E-state index in [1.807, 2.05) is 121 Å². The molecule has 0 aliphatic carbocycles. The standard InChI is InChI=1S/C44H34N4O2.Zn/c49-43-27-25-39(47(35-15-5-1-6-16-35)36-17-7-2-8-18-36)29-33(43)31-45-41-23-13-14-24-42(41)46-32-34-30-40(26-28-44(34)50)48(37-19-9-3-10-20-37)38-21-11-4-12-22-38;/h1-32,49-50H;. The second kappa shape index (κ2) is 16.4. The van der Waals surface area contributed by atoms with Gasteiger partial charge in [-0.25, -0.2) is 0 Å². The van der Waals surface area contributed by atoms with Gasteiger partial charge in [0.1, 0.15) is 11.5 Å². The Morgan fingerprint density at radius 3 is 0.961 bits per heavy atom. The average Bonchev–Trinajstić information content (AvgIpc) is 3.17. The summed E-state index contributed by atoms with van der Waals surface area (Å²) in [6, 6.07) is 58.9. The molecule has 0 fully saturated rings. The van der Waals surface area contributed by atoms with Gasteiger partial charge in [-0.3, -0.25) is 9.98 Å². The van der Waals surface area contributed by atoms with Crippen molar-refractivity contribution >= 4 is 57.9 Å². The number of phenolic OH excluding ortho intramolecular Hbond substituents is 2. The number of hydrogen-bond acceptors (Lipinski definition) is 6. The van der Waals surface area contributed by atoms with Crippen molar-refractivity contribution in [2.45, 2.75) is 0 Å². The molecule has 7 heteroatoms. The molecule has 244 valence electrons. The summed E-state index contributed by atoms with van der Waals surface area (Å²) >= 11 is 0. The van der Waals surface area contributed by atoms with E-state index >= 15 is 0 Å². The van der Waals surface area contributed by atoms with E-state index in [-0.39, 0.29) is 31.0 Å². The van der Waals surface area contributed by atoms with Gasteiger partial charge in [0.15, 0.2) is 0 Å². The van der Waals surface area contributed by atoms with Crippen molar-refractivity contribution in [1.82, 2.24) is 0 Å². The van der Waals surface area contributed by atoms with Crippen LogP contribution < -0.4 is 9.80 Å². The van der Waals surface area contributed by atoms with Crippen molar-refractivity contribution in [1.29, 1.82) is 0 Å².